The van der Waals surface area contributed by atoms with Crippen LogP contribution in [0.3, 0.4) is 0 Å². The van der Waals surface area contributed by atoms with Crippen LogP contribution in [0.2, 0.25) is 0 Å². The van der Waals surface area contributed by atoms with Gasteiger partial charge in [0.05, 0.1) is 12.7 Å². The molecule has 1 N–H and O–H groups in total. The molecular weight excluding hydrogens is 462 g/mol. The molecule has 4 aromatic rings. The maximum Gasteiger partial charge on any atom is 0.242 e. The quantitative estimate of drug-likeness (QED) is 0.435. The van der Waals surface area contributed by atoms with E-state index in [0.717, 1.165) is 62.0 Å². The molecule has 2 aliphatic heterocycles. The summed E-state index contributed by atoms with van der Waals surface area (Å²) in [6.45, 7) is 7.71. The van der Waals surface area contributed by atoms with Gasteiger partial charge in [-0.05, 0) is 43.5 Å². The van der Waals surface area contributed by atoms with E-state index >= 15 is 0 Å². The summed E-state index contributed by atoms with van der Waals surface area (Å²) in [7, 11) is 0. The van der Waals surface area contributed by atoms with Crippen molar-refractivity contribution in [2.45, 2.75) is 19.8 Å². The molecule has 0 aliphatic carbocycles. The first-order chi connectivity index (χ1) is 18.2. The van der Waals surface area contributed by atoms with Crippen molar-refractivity contribution in [3.8, 4) is 11.3 Å². The number of hydrogen-bond acceptors (Lipinski definition) is 6. The number of nitrogens with zero attached hydrogens (tertiary/aromatic N) is 6. The number of anilines is 3. The Labute approximate surface area is 217 Å². The second-order valence-corrected chi connectivity index (χ2v) is 9.86. The lowest BCUT2D eigenvalue weighted by Gasteiger charge is -2.36. The number of carbonyl (C=O) groups is 1. The number of nitrogens with one attached hydrogen (secondary N) is 1. The molecule has 8 nitrogen and oxygen atoms in total. The number of para-hydroxylation sites is 1. The number of rotatable bonds is 6. The number of amides is 1. The molecule has 4 heterocycles. The number of benzene rings is 2. The Balaban J connectivity index is 1.16. The molecule has 0 saturated carbocycles. The number of aryl methyl sites for hydroxylation is 1. The minimum Gasteiger partial charge on any atom is -0.372 e. The van der Waals surface area contributed by atoms with Crippen LogP contribution in [0.1, 0.15) is 18.4 Å². The minimum atomic E-state index is 0.101. The highest BCUT2D eigenvalue weighted by atomic mass is 16.2. The van der Waals surface area contributed by atoms with Crippen molar-refractivity contribution < 1.29 is 4.79 Å². The lowest BCUT2D eigenvalue weighted by atomic mass is 10.1. The Morgan fingerprint density at radius 1 is 0.919 bits per heavy atom. The molecule has 2 saturated heterocycles. The fourth-order valence-corrected chi connectivity index (χ4v) is 5.47. The second-order valence-electron chi connectivity index (χ2n) is 9.86. The zero-order valence-electron chi connectivity index (χ0n) is 21.3. The molecule has 8 heteroatoms. The van der Waals surface area contributed by atoms with E-state index < -0.39 is 0 Å². The number of imidazole rings is 1. The average molecular weight is 496 g/mol. The first-order valence-electron chi connectivity index (χ1n) is 13.2. The zero-order valence-corrected chi connectivity index (χ0v) is 21.3. The summed E-state index contributed by atoms with van der Waals surface area (Å²) in [6.07, 6.45) is 7.89. The lowest BCUT2D eigenvalue weighted by Crippen LogP contribution is -2.50. The van der Waals surface area contributed by atoms with Gasteiger partial charge in [-0.1, -0.05) is 30.3 Å². The summed E-state index contributed by atoms with van der Waals surface area (Å²) in [5.74, 6) is 0.919. The summed E-state index contributed by atoms with van der Waals surface area (Å²) < 4.78 is 1.97. The Kier molecular flexibility index (Phi) is 6.39. The number of hydrogen-bond donors (Lipinski definition) is 1. The highest BCUT2D eigenvalue weighted by Crippen LogP contribution is 2.31. The summed E-state index contributed by atoms with van der Waals surface area (Å²) in [5, 5.41) is 3.41. The van der Waals surface area contributed by atoms with Crippen LogP contribution in [0, 0.1) is 6.92 Å². The van der Waals surface area contributed by atoms with E-state index in [-0.39, 0.29) is 12.5 Å². The summed E-state index contributed by atoms with van der Waals surface area (Å²) >= 11 is 0. The van der Waals surface area contributed by atoms with Gasteiger partial charge in [0.15, 0.2) is 5.65 Å². The van der Waals surface area contributed by atoms with Crippen LogP contribution in [-0.2, 0) is 4.79 Å². The van der Waals surface area contributed by atoms with Gasteiger partial charge >= 0.3 is 0 Å². The first-order valence-corrected chi connectivity index (χ1v) is 13.2. The highest BCUT2D eigenvalue weighted by molar-refractivity contribution is 5.84. The molecule has 6 rings (SSSR count). The smallest absolute Gasteiger partial charge is 0.242 e. The fourth-order valence-electron chi connectivity index (χ4n) is 5.47. The van der Waals surface area contributed by atoms with Crippen LogP contribution in [-0.4, -0.2) is 71.0 Å². The van der Waals surface area contributed by atoms with E-state index in [2.05, 4.69) is 75.6 Å². The fraction of sp³-hybridized carbons (Fsp3) is 0.345. The molecule has 37 heavy (non-hydrogen) atoms. The monoisotopic (exact) mass is 495 g/mol. The van der Waals surface area contributed by atoms with E-state index in [1.807, 2.05) is 15.5 Å². The first kappa shape index (κ1) is 23.3. The zero-order chi connectivity index (χ0) is 25.2. The third-order valence-electron chi connectivity index (χ3n) is 7.54. The molecule has 2 aliphatic rings. The molecule has 0 spiro atoms. The normalized spacial score (nSPS) is 16.0. The molecule has 0 radical (unpaired) electrons. The minimum absolute atomic E-state index is 0.101. The van der Waals surface area contributed by atoms with E-state index in [0.29, 0.717) is 0 Å². The largest absolute Gasteiger partial charge is 0.372 e. The van der Waals surface area contributed by atoms with E-state index in [1.165, 1.54) is 29.8 Å². The van der Waals surface area contributed by atoms with Crippen molar-refractivity contribution >= 4 is 28.7 Å². The maximum atomic E-state index is 13.2. The third-order valence-corrected chi connectivity index (χ3v) is 7.54. The standard InChI is InChI=1S/C29H33N7O/c1-22-6-2-3-7-25(22)34-16-18-35(19-17-34)27(37)21-31-29-28(32-26-20-30-12-15-36(26)29)23-8-10-24(11-9-23)33-13-4-5-14-33/h2-3,6-12,15,20,31H,4-5,13-14,16-19,21H2,1H3. The lowest BCUT2D eigenvalue weighted by molar-refractivity contribution is -0.129. The Morgan fingerprint density at radius 3 is 2.43 bits per heavy atom. The highest BCUT2D eigenvalue weighted by Gasteiger charge is 2.23. The van der Waals surface area contributed by atoms with Crippen LogP contribution in [0.25, 0.3) is 16.9 Å². The molecule has 0 unspecified atom stereocenters. The maximum absolute atomic E-state index is 13.2. The SMILES string of the molecule is Cc1ccccc1N1CCN(C(=O)CNc2c(-c3ccc(N4CCCC4)cc3)nc3cnccn23)CC1. The second kappa shape index (κ2) is 10.1. The number of aromatic nitrogens is 3. The predicted octanol–water partition coefficient (Wildman–Crippen LogP) is 4.07. The van der Waals surface area contributed by atoms with E-state index in [1.54, 1.807) is 12.4 Å². The molecule has 190 valence electrons. The van der Waals surface area contributed by atoms with Gasteiger partial charge in [-0.2, -0.15) is 0 Å². The molecular formula is C29H33N7O. The number of fused-ring (bicyclic) bond motifs is 1. The number of piperazine rings is 1. The summed E-state index contributed by atoms with van der Waals surface area (Å²) in [5.41, 5.74) is 6.38. The predicted molar refractivity (Wildman–Crippen MR) is 148 cm³/mol. The Hall–Kier alpha value is -4.07. The van der Waals surface area contributed by atoms with Crippen LogP contribution in [0.5, 0.6) is 0 Å². The topological polar surface area (TPSA) is 69.0 Å². The summed E-state index contributed by atoms with van der Waals surface area (Å²) in [4.78, 5) is 29.0. The van der Waals surface area contributed by atoms with Crippen molar-refractivity contribution in [2.75, 3.05) is 60.9 Å². The number of carbonyl (C=O) groups excluding carboxylic acids is 1. The molecule has 1 amide bonds. The summed E-state index contributed by atoms with van der Waals surface area (Å²) in [6, 6.07) is 17.0. The van der Waals surface area contributed by atoms with Gasteiger partial charge in [-0.3, -0.25) is 14.2 Å². The molecule has 0 atom stereocenters. The van der Waals surface area contributed by atoms with Crippen molar-refractivity contribution in [3.05, 3.63) is 72.7 Å². The van der Waals surface area contributed by atoms with Gasteiger partial charge in [0.2, 0.25) is 5.91 Å². The van der Waals surface area contributed by atoms with Crippen molar-refractivity contribution in [2.24, 2.45) is 0 Å². The van der Waals surface area contributed by atoms with Gasteiger partial charge in [0.25, 0.3) is 0 Å². The van der Waals surface area contributed by atoms with Gasteiger partial charge in [0.1, 0.15) is 11.5 Å². The Bertz CT molecular complexity index is 1380. The van der Waals surface area contributed by atoms with Crippen LogP contribution in [0.15, 0.2) is 67.1 Å². The van der Waals surface area contributed by atoms with Gasteiger partial charge in [0, 0.05) is 68.6 Å². The average Bonchev–Trinajstić information content (AvgIpc) is 3.61. The third kappa shape index (κ3) is 4.71. The van der Waals surface area contributed by atoms with Crippen LogP contribution in [0.4, 0.5) is 17.2 Å². The van der Waals surface area contributed by atoms with E-state index in [4.69, 9.17) is 4.98 Å². The van der Waals surface area contributed by atoms with Gasteiger partial charge in [-0.15, -0.1) is 0 Å². The van der Waals surface area contributed by atoms with Crippen molar-refractivity contribution in [1.82, 2.24) is 19.3 Å². The molecule has 2 aromatic heterocycles. The molecule has 0 bridgehead atoms. The Morgan fingerprint density at radius 2 is 1.68 bits per heavy atom. The van der Waals surface area contributed by atoms with Crippen LogP contribution >= 0.6 is 0 Å². The van der Waals surface area contributed by atoms with Crippen molar-refractivity contribution in [1.29, 1.82) is 0 Å². The molecule has 2 aromatic carbocycles. The van der Waals surface area contributed by atoms with Gasteiger partial charge < -0.3 is 20.0 Å². The van der Waals surface area contributed by atoms with E-state index in [9.17, 15) is 4.79 Å². The van der Waals surface area contributed by atoms with Crippen LogP contribution < -0.4 is 15.1 Å². The molecule has 2 fully saturated rings. The van der Waals surface area contributed by atoms with Crippen molar-refractivity contribution in [3.63, 3.8) is 0 Å². The van der Waals surface area contributed by atoms with Gasteiger partial charge in [-0.25, -0.2) is 4.98 Å².